The SMILES string of the molecule is CC(C)(C(=O)Nc1cc(-c2ccccc2)no1)S(=O)(=O)N1CCC1. The van der Waals surface area contributed by atoms with Gasteiger partial charge in [0.2, 0.25) is 21.8 Å². The fourth-order valence-electron chi connectivity index (χ4n) is 2.31. The standard InChI is InChI=1S/C16H19N3O4S/c1-16(2,24(21,22)19-9-6-10-19)15(20)17-14-11-13(18-23-14)12-7-4-3-5-8-12/h3-5,7-8,11H,6,9-10H2,1-2H3,(H,17,20). The van der Waals surface area contributed by atoms with Crippen molar-refractivity contribution < 1.29 is 17.7 Å². The Morgan fingerprint density at radius 2 is 1.92 bits per heavy atom. The number of carbonyl (C=O) groups is 1. The van der Waals surface area contributed by atoms with Gasteiger partial charge in [0.15, 0.2) is 4.75 Å². The van der Waals surface area contributed by atoms with Crippen LogP contribution in [-0.4, -0.2) is 41.6 Å². The summed E-state index contributed by atoms with van der Waals surface area (Å²) in [6, 6.07) is 10.9. The number of aromatic nitrogens is 1. The maximum Gasteiger partial charge on any atom is 0.249 e. The number of amides is 1. The molecule has 1 fully saturated rings. The van der Waals surface area contributed by atoms with E-state index in [1.807, 2.05) is 30.3 Å². The largest absolute Gasteiger partial charge is 0.338 e. The highest BCUT2D eigenvalue weighted by molar-refractivity contribution is 7.91. The molecule has 0 spiro atoms. The Bertz CT molecular complexity index is 839. The van der Waals surface area contributed by atoms with Crippen LogP contribution in [0.4, 0.5) is 5.88 Å². The van der Waals surface area contributed by atoms with Crippen molar-refractivity contribution in [3.8, 4) is 11.3 Å². The van der Waals surface area contributed by atoms with Gasteiger partial charge in [0, 0.05) is 24.7 Å². The van der Waals surface area contributed by atoms with Crippen molar-refractivity contribution in [1.82, 2.24) is 9.46 Å². The van der Waals surface area contributed by atoms with E-state index in [2.05, 4.69) is 10.5 Å². The zero-order valence-electron chi connectivity index (χ0n) is 13.5. The van der Waals surface area contributed by atoms with Gasteiger partial charge in [-0.15, -0.1) is 0 Å². The molecule has 0 saturated carbocycles. The molecule has 7 nitrogen and oxygen atoms in total. The molecule has 0 atom stereocenters. The van der Waals surface area contributed by atoms with Crippen molar-refractivity contribution >= 4 is 21.8 Å². The highest BCUT2D eigenvalue weighted by Gasteiger charge is 2.47. The van der Waals surface area contributed by atoms with Gasteiger partial charge >= 0.3 is 0 Å². The summed E-state index contributed by atoms with van der Waals surface area (Å²) in [6.07, 6.45) is 0.819. The lowest BCUT2D eigenvalue weighted by molar-refractivity contribution is -0.118. The molecule has 1 saturated heterocycles. The normalized spacial score (nSPS) is 15.8. The molecule has 0 unspecified atom stereocenters. The summed E-state index contributed by atoms with van der Waals surface area (Å²) < 4.78 is 29.9. The third-order valence-electron chi connectivity index (χ3n) is 4.16. The molecule has 1 amide bonds. The number of hydrogen-bond acceptors (Lipinski definition) is 5. The number of rotatable bonds is 5. The minimum Gasteiger partial charge on any atom is -0.338 e. The van der Waals surface area contributed by atoms with E-state index in [0.29, 0.717) is 18.8 Å². The lowest BCUT2D eigenvalue weighted by atomic mass is 10.1. The van der Waals surface area contributed by atoms with Crippen molar-refractivity contribution in [3.05, 3.63) is 36.4 Å². The van der Waals surface area contributed by atoms with Crippen LogP contribution < -0.4 is 5.32 Å². The van der Waals surface area contributed by atoms with E-state index >= 15 is 0 Å². The van der Waals surface area contributed by atoms with Gasteiger partial charge < -0.3 is 4.52 Å². The average molecular weight is 349 g/mol. The maximum absolute atomic E-state index is 12.5. The van der Waals surface area contributed by atoms with Gasteiger partial charge in [0.25, 0.3) is 0 Å². The number of anilines is 1. The second-order valence-corrected chi connectivity index (χ2v) is 8.65. The minimum atomic E-state index is -3.71. The first-order valence-electron chi connectivity index (χ1n) is 7.65. The van der Waals surface area contributed by atoms with Crippen molar-refractivity contribution in [2.75, 3.05) is 18.4 Å². The van der Waals surface area contributed by atoms with Gasteiger partial charge in [-0.25, -0.2) is 12.7 Å². The number of benzene rings is 1. The van der Waals surface area contributed by atoms with E-state index in [0.717, 1.165) is 12.0 Å². The molecule has 0 aliphatic carbocycles. The Labute approximate surface area is 140 Å². The van der Waals surface area contributed by atoms with Gasteiger partial charge in [-0.1, -0.05) is 35.5 Å². The maximum atomic E-state index is 12.5. The second kappa shape index (κ2) is 6.03. The molecule has 1 aromatic heterocycles. The zero-order chi connectivity index (χ0) is 17.4. The van der Waals surface area contributed by atoms with Gasteiger partial charge in [-0.05, 0) is 20.3 Å². The molecular weight excluding hydrogens is 330 g/mol. The summed E-state index contributed by atoms with van der Waals surface area (Å²) >= 11 is 0. The molecule has 0 bridgehead atoms. The average Bonchev–Trinajstić information content (AvgIpc) is 2.94. The van der Waals surface area contributed by atoms with E-state index in [1.54, 1.807) is 6.07 Å². The fraction of sp³-hybridized carbons (Fsp3) is 0.375. The smallest absolute Gasteiger partial charge is 0.249 e. The molecular formula is C16H19N3O4S. The van der Waals surface area contributed by atoms with E-state index < -0.39 is 20.7 Å². The molecule has 2 heterocycles. The van der Waals surface area contributed by atoms with Crippen molar-refractivity contribution in [2.45, 2.75) is 25.0 Å². The first kappa shape index (κ1) is 16.7. The van der Waals surface area contributed by atoms with Crippen LogP contribution >= 0.6 is 0 Å². The third-order valence-corrected chi connectivity index (χ3v) is 6.68. The Kier molecular flexibility index (Phi) is 4.18. The van der Waals surface area contributed by atoms with E-state index in [4.69, 9.17) is 4.52 Å². The highest BCUT2D eigenvalue weighted by atomic mass is 32.2. The summed E-state index contributed by atoms with van der Waals surface area (Å²) in [7, 11) is -3.71. The third kappa shape index (κ3) is 2.83. The molecule has 8 heteroatoms. The Hall–Kier alpha value is -2.19. The molecule has 2 aromatic rings. The summed E-state index contributed by atoms with van der Waals surface area (Å²) in [4.78, 5) is 12.5. The van der Waals surface area contributed by atoms with E-state index in [-0.39, 0.29) is 5.88 Å². The van der Waals surface area contributed by atoms with Crippen LogP contribution in [0, 0.1) is 0 Å². The Morgan fingerprint density at radius 1 is 1.25 bits per heavy atom. The Morgan fingerprint density at radius 3 is 2.50 bits per heavy atom. The Balaban J connectivity index is 1.76. The minimum absolute atomic E-state index is 0.116. The van der Waals surface area contributed by atoms with E-state index in [1.165, 1.54) is 18.2 Å². The van der Waals surface area contributed by atoms with Crippen LogP contribution in [0.2, 0.25) is 0 Å². The molecule has 128 valence electrons. The lowest BCUT2D eigenvalue weighted by Gasteiger charge is -2.36. The fourth-order valence-corrected chi connectivity index (χ4v) is 3.98. The van der Waals surface area contributed by atoms with E-state index in [9.17, 15) is 13.2 Å². The zero-order valence-corrected chi connectivity index (χ0v) is 14.3. The topological polar surface area (TPSA) is 92.5 Å². The number of hydrogen-bond donors (Lipinski definition) is 1. The summed E-state index contributed by atoms with van der Waals surface area (Å²) in [5, 5.41) is 6.40. The molecule has 1 N–H and O–H groups in total. The second-order valence-electron chi connectivity index (χ2n) is 6.16. The van der Waals surface area contributed by atoms with Crippen LogP contribution in [0.1, 0.15) is 20.3 Å². The van der Waals surface area contributed by atoms with Crippen molar-refractivity contribution in [1.29, 1.82) is 0 Å². The molecule has 24 heavy (non-hydrogen) atoms. The quantitative estimate of drug-likeness (QED) is 0.892. The van der Waals surface area contributed by atoms with Crippen LogP contribution in [0.15, 0.2) is 40.9 Å². The first-order valence-corrected chi connectivity index (χ1v) is 9.10. The van der Waals surface area contributed by atoms with Crippen LogP contribution in [-0.2, 0) is 14.8 Å². The van der Waals surface area contributed by atoms with Crippen molar-refractivity contribution in [2.24, 2.45) is 0 Å². The predicted molar refractivity (Wildman–Crippen MR) is 89.8 cm³/mol. The molecule has 0 radical (unpaired) electrons. The molecule has 3 rings (SSSR count). The van der Waals surface area contributed by atoms with Gasteiger partial charge in [0.1, 0.15) is 5.69 Å². The van der Waals surface area contributed by atoms with Gasteiger partial charge in [0.05, 0.1) is 0 Å². The van der Waals surface area contributed by atoms with Gasteiger partial charge in [-0.2, -0.15) is 0 Å². The van der Waals surface area contributed by atoms with Gasteiger partial charge in [-0.3, -0.25) is 10.1 Å². The molecule has 1 aliphatic heterocycles. The number of sulfonamides is 1. The number of nitrogens with zero attached hydrogens (tertiary/aromatic N) is 2. The van der Waals surface area contributed by atoms with Crippen LogP contribution in [0.3, 0.4) is 0 Å². The monoisotopic (exact) mass is 349 g/mol. The molecule has 1 aromatic carbocycles. The number of nitrogens with one attached hydrogen (secondary N) is 1. The van der Waals surface area contributed by atoms with Crippen LogP contribution in [0.25, 0.3) is 11.3 Å². The first-order chi connectivity index (χ1) is 11.3. The summed E-state index contributed by atoms with van der Waals surface area (Å²) in [6.45, 7) is 3.70. The van der Waals surface area contributed by atoms with Crippen molar-refractivity contribution in [3.63, 3.8) is 0 Å². The van der Waals surface area contributed by atoms with Crippen LogP contribution in [0.5, 0.6) is 0 Å². The molecule has 1 aliphatic rings. The summed E-state index contributed by atoms with van der Waals surface area (Å²) in [5.74, 6) is -0.532. The lowest BCUT2D eigenvalue weighted by Crippen LogP contribution is -2.55. The summed E-state index contributed by atoms with van der Waals surface area (Å²) in [5.41, 5.74) is 1.41. The highest BCUT2D eigenvalue weighted by Crippen LogP contribution is 2.28. The predicted octanol–water partition coefficient (Wildman–Crippen LogP) is 2.09. The number of carbonyl (C=O) groups excluding carboxylic acids is 1.